The van der Waals surface area contributed by atoms with Crippen molar-refractivity contribution in [3.8, 4) is 0 Å². The summed E-state index contributed by atoms with van der Waals surface area (Å²) in [6.45, 7) is 3.92. The highest BCUT2D eigenvalue weighted by atomic mass is 16.6. The van der Waals surface area contributed by atoms with Crippen LogP contribution < -0.4 is 0 Å². The van der Waals surface area contributed by atoms with Crippen LogP contribution in [0.5, 0.6) is 0 Å². The Hall–Kier alpha value is -1.06. The largest absolute Gasteiger partial charge is 0.396 e. The summed E-state index contributed by atoms with van der Waals surface area (Å²) in [5.74, 6) is 0.614. The first-order valence-corrected chi connectivity index (χ1v) is 3.68. The molecule has 11 heavy (non-hydrogen) atoms. The second kappa shape index (κ2) is 3.95. The Morgan fingerprint density at radius 1 is 2.00 bits per heavy atom. The van der Waals surface area contributed by atoms with Crippen LogP contribution in [0.4, 0.5) is 0 Å². The van der Waals surface area contributed by atoms with Gasteiger partial charge in [0.15, 0.2) is 0 Å². The van der Waals surface area contributed by atoms with Gasteiger partial charge >= 0.3 is 0 Å². The molecule has 0 fully saturated rings. The van der Waals surface area contributed by atoms with Gasteiger partial charge in [0.25, 0.3) is 0 Å². The number of amidine groups is 1. The van der Waals surface area contributed by atoms with Crippen molar-refractivity contribution in [2.75, 3.05) is 26.7 Å². The molecule has 0 aromatic carbocycles. The molecular weight excluding hydrogens is 142 g/mol. The molecule has 1 heterocycles. The van der Waals surface area contributed by atoms with E-state index in [0.717, 1.165) is 13.1 Å². The molecule has 62 valence electrons. The van der Waals surface area contributed by atoms with Gasteiger partial charge in [0.2, 0.25) is 0 Å². The Bertz CT molecular complexity index is 215. The topological polar surface area (TPSA) is 37.2 Å². The summed E-state index contributed by atoms with van der Waals surface area (Å²) < 4.78 is 7.46. The van der Waals surface area contributed by atoms with E-state index < -0.39 is 0 Å². The summed E-state index contributed by atoms with van der Waals surface area (Å²) in [6.07, 6.45) is 0.108. The molecule has 0 unspecified atom stereocenters. The molecule has 0 aliphatic carbocycles. The summed E-state index contributed by atoms with van der Waals surface area (Å²) >= 11 is 0. The van der Waals surface area contributed by atoms with Crippen LogP contribution in [0.1, 0.15) is 8.29 Å². The lowest BCUT2D eigenvalue weighted by Crippen LogP contribution is -2.23. The standard InChI is InChI=1S/C7H13N3O/c1-3-11-9-6-7-8-4-5-10(7)2/h6H,3-5H2,1-2H3/i6T. The van der Waals surface area contributed by atoms with Crippen molar-refractivity contribution in [1.82, 2.24) is 4.90 Å². The van der Waals surface area contributed by atoms with Crippen molar-refractivity contribution in [2.45, 2.75) is 6.92 Å². The van der Waals surface area contributed by atoms with Gasteiger partial charge in [-0.25, -0.2) is 0 Å². The van der Waals surface area contributed by atoms with Gasteiger partial charge in [-0.1, -0.05) is 5.16 Å². The fraction of sp³-hybridized carbons (Fsp3) is 0.714. The lowest BCUT2D eigenvalue weighted by atomic mass is 10.6. The van der Waals surface area contributed by atoms with E-state index in [2.05, 4.69) is 10.1 Å². The number of hydrogen-bond donors (Lipinski definition) is 0. The zero-order valence-corrected chi connectivity index (χ0v) is 6.87. The van der Waals surface area contributed by atoms with Crippen LogP contribution in [0.3, 0.4) is 0 Å². The number of oxime groups is 1. The van der Waals surface area contributed by atoms with E-state index in [1.54, 1.807) is 0 Å². The Kier molecular flexibility index (Phi) is 2.39. The Labute approximate surface area is 67.9 Å². The summed E-state index contributed by atoms with van der Waals surface area (Å²) in [5, 5.41) is 3.59. The first-order valence-electron chi connectivity index (χ1n) is 4.18. The first-order chi connectivity index (χ1) is 5.75. The zero-order valence-electron chi connectivity index (χ0n) is 7.87. The minimum Gasteiger partial charge on any atom is -0.396 e. The summed E-state index contributed by atoms with van der Waals surface area (Å²) in [6, 6.07) is 0. The maximum Gasteiger partial charge on any atom is 0.145 e. The van der Waals surface area contributed by atoms with Gasteiger partial charge in [-0.15, -0.1) is 0 Å². The molecular formula is C7H13N3O. The average Bonchev–Trinajstić information content (AvgIpc) is 2.47. The molecule has 1 rings (SSSR count). The first kappa shape index (κ1) is 6.64. The fourth-order valence-corrected chi connectivity index (χ4v) is 0.791. The Morgan fingerprint density at radius 3 is 3.36 bits per heavy atom. The summed E-state index contributed by atoms with van der Waals surface area (Å²) in [4.78, 5) is 10.8. The molecule has 1 aliphatic heterocycles. The summed E-state index contributed by atoms with van der Waals surface area (Å²) in [5.41, 5.74) is 0. The van der Waals surface area contributed by atoms with Crippen molar-refractivity contribution >= 4 is 12.0 Å². The van der Waals surface area contributed by atoms with Gasteiger partial charge in [-0.3, -0.25) is 4.99 Å². The highest BCUT2D eigenvalue weighted by Crippen LogP contribution is 1.95. The van der Waals surface area contributed by atoms with Crippen molar-refractivity contribution < 1.29 is 6.21 Å². The third-order valence-corrected chi connectivity index (χ3v) is 1.40. The SMILES string of the molecule is [3H]C(=NOCC)C1=NCCN1C. The molecule has 1 aliphatic rings. The maximum absolute atomic E-state index is 7.46. The number of likely N-dealkylation sites (N-methyl/N-ethyl adjacent to an activating group) is 1. The lowest BCUT2D eigenvalue weighted by molar-refractivity contribution is 0.161. The molecule has 0 atom stereocenters. The van der Waals surface area contributed by atoms with Crippen LogP contribution >= 0.6 is 0 Å². The van der Waals surface area contributed by atoms with Gasteiger partial charge in [-0.05, 0) is 6.92 Å². The fourth-order valence-electron chi connectivity index (χ4n) is 0.791. The van der Waals surface area contributed by atoms with Gasteiger partial charge in [0.1, 0.15) is 18.6 Å². The number of nitrogens with zero attached hydrogens (tertiary/aromatic N) is 3. The number of rotatable bonds is 3. The van der Waals surface area contributed by atoms with E-state index in [1.807, 2.05) is 18.9 Å². The molecule has 0 saturated carbocycles. The van der Waals surface area contributed by atoms with Crippen molar-refractivity contribution in [1.29, 1.82) is 0 Å². The second-order valence-electron chi connectivity index (χ2n) is 2.25. The predicted octanol–water partition coefficient (Wildman–Crippen LogP) is 0.353. The van der Waals surface area contributed by atoms with Crippen molar-refractivity contribution in [3.05, 3.63) is 0 Å². The highest BCUT2D eigenvalue weighted by Gasteiger charge is 2.08. The van der Waals surface area contributed by atoms with Crippen molar-refractivity contribution in [2.24, 2.45) is 10.1 Å². The van der Waals surface area contributed by atoms with Gasteiger partial charge in [0.05, 0.1) is 7.92 Å². The molecule has 0 amide bonds. The molecule has 0 bridgehead atoms. The zero-order chi connectivity index (χ0) is 8.97. The minimum atomic E-state index is 0.108. The van der Waals surface area contributed by atoms with Crippen LogP contribution in [0, 0.1) is 0 Å². The molecule has 4 nitrogen and oxygen atoms in total. The average molecular weight is 157 g/mol. The van der Waals surface area contributed by atoms with Crippen LogP contribution in [0.2, 0.25) is 0 Å². The number of hydrogen-bond acceptors (Lipinski definition) is 4. The smallest absolute Gasteiger partial charge is 0.145 e. The van der Waals surface area contributed by atoms with E-state index in [9.17, 15) is 0 Å². The molecule has 0 radical (unpaired) electrons. The molecule has 0 spiro atoms. The predicted molar refractivity (Wildman–Crippen MR) is 45.1 cm³/mol. The maximum atomic E-state index is 7.46. The quantitative estimate of drug-likeness (QED) is 0.438. The van der Waals surface area contributed by atoms with Crippen LogP contribution in [-0.2, 0) is 4.84 Å². The van der Waals surface area contributed by atoms with E-state index in [4.69, 9.17) is 6.21 Å². The van der Waals surface area contributed by atoms with Crippen LogP contribution in [-0.4, -0.2) is 43.7 Å². The third-order valence-electron chi connectivity index (χ3n) is 1.40. The van der Waals surface area contributed by atoms with E-state index in [-0.39, 0.29) is 6.19 Å². The second-order valence-corrected chi connectivity index (χ2v) is 2.25. The lowest BCUT2D eigenvalue weighted by Gasteiger charge is -2.08. The summed E-state index contributed by atoms with van der Waals surface area (Å²) in [7, 11) is 1.89. The highest BCUT2D eigenvalue weighted by molar-refractivity contribution is 6.29. The van der Waals surface area contributed by atoms with Gasteiger partial charge < -0.3 is 9.74 Å². The van der Waals surface area contributed by atoms with Crippen molar-refractivity contribution in [3.63, 3.8) is 0 Å². The van der Waals surface area contributed by atoms with Crippen LogP contribution in [0.15, 0.2) is 10.1 Å². The molecule has 4 heteroatoms. The molecule has 0 aromatic rings. The molecule has 0 saturated heterocycles. The monoisotopic (exact) mass is 157 g/mol. The molecule has 0 N–H and O–H groups in total. The van der Waals surface area contributed by atoms with E-state index >= 15 is 0 Å². The normalized spacial score (nSPS) is 19.8. The van der Waals surface area contributed by atoms with E-state index in [0.29, 0.717) is 12.4 Å². The molecule has 0 aromatic heterocycles. The van der Waals surface area contributed by atoms with Gasteiger partial charge in [-0.2, -0.15) is 0 Å². The van der Waals surface area contributed by atoms with Gasteiger partial charge in [0, 0.05) is 13.6 Å². The van der Waals surface area contributed by atoms with Crippen LogP contribution in [0.25, 0.3) is 0 Å². The Balaban J connectivity index is 2.57. The third kappa shape index (κ3) is 2.22. The number of aliphatic imine (C=N–C) groups is 1. The minimum absolute atomic E-state index is 0.108. The van der Waals surface area contributed by atoms with E-state index in [1.165, 1.54) is 0 Å². The Morgan fingerprint density at radius 2 is 2.82 bits per heavy atom.